The van der Waals surface area contributed by atoms with Gasteiger partial charge >= 0.3 is 0 Å². The highest BCUT2D eigenvalue weighted by atomic mass is 32.2. The van der Waals surface area contributed by atoms with Crippen LogP contribution in [-0.4, -0.2) is 35.6 Å². The van der Waals surface area contributed by atoms with E-state index >= 15 is 0 Å². The van der Waals surface area contributed by atoms with Crippen molar-refractivity contribution < 1.29 is 8.42 Å². The third-order valence-corrected chi connectivity index (χ3v) is 5.66. The summed E-state index contributed by atoms with van der Waals surface area (Å²) >= 11 is 0. The number of benzene rings is 1. The van der Waals surface area contributed by atoms with Crippen LogP contribution < -0.4 is 0 Å². The lowest BCUT2D eigenvalue weighted by molar-refractivity contribution is 0.315. The summed E-state index contributed by atoms with van der Waals surface area (Å²) < 4.78 is 28.4. The molecule has 122 valence electrons. The zero-order valence-corrected chi connectivity index (χ0v) is 14.0. The number of piperidine rings is 1. The first-order valence-corrected chi connectivity index (χ1v) is 9.28. The highest BCUT2D eigenvalue weighted by Gasteiger charge is 2.29. The molecule has 1 fully saturated rings. The van der Waals surface area contributed by atoms with E-state index < -0.39 is 10.0 Å². The van der Waals surface area contributed by atoms with Crippen molar-refractivity contribution in [3.63, 3.8) is 0 Å². The van der Waals surface area contributed by atoms with E-state index in [9.17, 15) is 8.42 Å². The molecule has 0 spiro atoms. The summed E-state index contributed by atoms with van der Waals surface area (Å²) in [5.74, 6) is 0.171. The first-order valence-electron chi connectivity index (χ1n) is 7.77. The van der Waals surface area contributed by atoms with E-state index in [1.807, 2.05) is 49.6 Å². The number of aromatic nitrogens is 2. The molecule has 0 bridgehead atoms. The Hall–Kier alpha value is -1.92. The minimum atomic E-state index is -3.40. The average molecular weight is 331 g/mol. The molecule has 1 aromatic carbocycles. The Labute approximate surface area is 137 Å². The number of rotatable bonds is 4. The smallest absolute Gasteiger partial charge is 0.236 e. The van der Waals surface area contributed by atoms with Crippen molar-refractivity contribution in [3.05, 3.63) is 59.3 Å². The van der Waals surface area contributed by atoms with Crippen LogP contribution in [0.5, 0.6) is 0 Å². The van der Waals surface area contributed by atoms with Crippen LogP contribution in [0.2, 0.25) is 0 Å². The third kappa shape index (κ3) is 3.89. The summed E-state index contributed by atoms with van der Waals surface area (Å²) in [6.45, 7) is 1.07. The highest BCUT2D eigenvalue weighted by molar-refractivity contribution is 7.92. The molecule has 0 radical (unpaired) electrons. The molecule has 1 aromatic heterocycles. The average Bonchev–Trinajstić information content (AvgIpc) is 3.01. The van der Waals surface area contributed by atoms with E-state index in [2.05, 4.69) is 5.10 Å². The second kappa shape index (κ2) is 6.68. The lowest BCUT2D eigenvalue weighted by atomic mass is 9.96. The molecular formula is C17H21N3O2S. The molecule has 2 heterocycles. The van der Waals surface area contributed by atoms with Crippen LogP contribution in [0.3, 0.4) is 0 Å². The largest absolute Gasteiger partial charge is 0.276 e. The molecule has 1 saturated heterocycles. The van der Waals surface area contributed by atoms with Gasteiger partial charge in [0.15, 0.2) is 0 Å². The van der Waals surface area contributed by atoms with E-state index in [0.29, 0.717) is 13.1 Å². The topological polar surface area (TPSA) is 55.2 Å². The second-order valence-corrected chi connectivity index (χ2v) is 7.69. The molecule has 23 heavy (non-hydrogen) atoms. The molecular weight excluding hydrogens is 310 g/mol. The fourth-order valence-corrected chi connectivity index (χ4v) is 4.15. The van der Waals surface area contributed by atoms with Crippen molar-refractivity contribution >= 4 is 16.1 Å². The first-order chi connectivity index (χ1) is 11.0. The number of aryl methyl sites for hydroxylation is 1. The van der Waals surface area contributed by atoms with Crippen molar-refractivity contribution in [1.82, 2.24) is 14.1 Å². The molecule has 0 aliphatic carbocycles. The first kappa shape index (κ1) is 16.0. The number of hydrogen-bond acceptors (Lipinski definition) is 3. The minimum Gasteiger partial charge on any atom is -0.276 e. The monoisotopic (exact) mass is 331 g/mol. The summed E-state index contributed by atoms with van der Waals surface area (Å²) in [4.78, 5) is 0. The Morgan fingerprint density at radius 1 is 1.22 bits per heavy atom. The Morgan fingerprint density at radius 2 is 2.00 bits per heavy atom. The molecule has 6 heteroatoms. The lowest BCUT2D eigenvalue weighted by Crippen LogP contribution is -2.38. The second-order valence-electron chi connectivity index (χ2n) is 5.87. The van der Waals surface area contributed by atoms with Crippen molar-refractivity contribution in [3.8, 4) is 0 Å². The predicted octanol–water partition coefficient (Wildman–Crippen LogP) is 2.60. The molecule has 3 rings (SSSR count). The predicted molar refractivity (Wildman–Crippen MR) is 91.2 cm³/mol. The molecule has 1 atom stereocenters. The zero-order valence-electron chi connectivity index (χ0n) is 13.2. The van der Waals surface area contributed by atoms with Crippen LogP contribution in [0.25, 0.3) is 6.08 Å². The van der Waals surface area contributed by atoms with Gasteiger partial charge in [0.05, 0.1) is 5.69 Å². The van der Waals surface area contributed by atoms with Gasteiger partial charge in [0.1, 0.15) is 0 Å². The minimum absolute atomic E-state index is 0.171. The SMILES string of the molecule is Cn1ccc(C2CCCN(S(=O)(=O)/C=C/c3ccccc3)C2)n1. The Morgan fingerprint density at radius 3 is 2.70 bits per heavy atom. The van der Waals surface area contributed by atoms with Gasteiger partial charge in [0, 0.05) is 37.7 Å². The van der Waals surface area contributed by atoms with Crippen LogP contribution in [-0.2, 0) is 17.1 Å². The molecule has 1 aliphatic heterocycles. The Bertz CT molecular complexity index is 781. The van der Waals surface area contributed by atoms with Gasteiger partial charge in [-0.05, 0) is 30.5 Å². The normalized spacial score (nSPS) is 20.1. The molecule has 2 aromatic rings. The standard InChI is InChI=1S/C17H21N3O2S/c1-19-12-9-17(18-19)16-8-5-11-20(14-16)23(21,22)13-10-15-6-3-2-4-7-15/h2-4,6-7,9-10,12-13,16H,5,8,11,14H2,1H3/b13-10+. The van der Waals surface area contributed by atoms with Crippen LogP contribution in [0.4, 0.5) is 0 Å². The summed E-state index contributed by atoms with van der Waals surface area (Å²) in [5.41, 5.74) is 1.86. The molecule has 1 unspecified atom stereocenters. The maximum Gasteiger partial charge on any atom is 0.236 e. The Balaban J connectivity index is 1.73. The molecule has 0 amide bonds. The third-order valence-electron chi connectivity index (χ3n) is 4.13. The summed E-state index contributed by atoms with van der Waals surface area (Å²) in [6, 6.07) is 11.4. The van der Waals surface area contributed by atoms with Gasteiger partial charge in [-0.15, -0.1) is 0 Å². The zero-order chi connectivity index (χ0) is 16.3. The van der Waals surface area contributed by atoms with Crippen molar-refractivity contribution in [2.45, 2.75) is 18.8 Å². The van der Waals surface area contributed by atoms with Crippen LogP contribution in [0.1, 0.15) is 30.0 Å². The van der Waals surface area contributed by atoms with Gasteiger partial charge in [0.2, 0.25) is 10.0 Å². The maximum atomic E-state index is 12.6. The van der Waals surface area contributed by atoms with Gasteiger partial charge in [-0.2, -0.15) is 9.40 Å². The summed E-state index contributed by atoms with van der Waals surface area (Å²) in [5, 5.41) is 5.73. The van der Waals surface area contributed by atoms with Crippen molar-refractivity contribution in [2.75, 3.05) is 13.1 Å². The van der Waals surface area contributed by atoms with Crippen LogP contribution in [0.15, 0.2) is 48.0 Å². The molecule has 5 nitrogen and oxygen atoms in total. The number of hydrogen-bond donors (Lipinski definition) is 0. The number of nitrogens with zero attached hydrogens (tertiary/aromatic N) is 3. The van der Waals surface area contributed by atoms with E-state index in [1.165, 1.54) is 5.41 Å². The molecule has 0 saturated carbocycles. The molecule has 1 aliphatic rings. The van der Waals surface area contributed by atoms with Crippen molar-refractivity contribution in [2.24, 2.45) is 7.05 Å². The molecule has 0 N–H and O–H groups in total. The highest BCUT2D eigenvalue weighted by Crippen LogP contribution is 2.27. The fourth-order valence-electron chi connectivity index (χ4n) is 2.88. The van der Waals surface area contributed by atoms with Gasteiger partial charge in [-0.3, -0.25) is 4.68 Å². The fraction of sp³-hybridized carbons (Fsp3) is 0.353. The Kier molecular flexibility index (Phi) is 4.63. The van der Waals surface area contributed by atoms with Crippen LogP contribution >= 0.6 is 0 Å². The van der Waals surface area contributed by atoms with Gasteiger partial charge < -0.3 is 0 Å². The van der Waals surface area contributed by atoms with E-state index in [1.54, 1.807) is 15.1 Å². The van der Waals surface area contributed by atoms with Gasteiger partial charge in [0.25, 0.3) is 0 Å². The summed E-state index contributed by atoms with van der Waals surface area (Å²) in [6.07, 6.45) is 5.39. The summed E-state index contributed by atoms with van der Waals surface area (Å²) in [7, 11) is -1.52. The maximum absolute atomic E-state index is 12.6. The quantitative estimate of drug-likeness (QED) is 0.865. The van der Waals surface area contributed by atoms with Crippen LogP contribution in [0, 0.1) is 0 Å². The van der Waals surface area contributed by atoms with E-state index in [4.69, 9.17) is 0 Å². The van der Waals surface area contributed by atoms with Gasteiger partial charge in [-0.25, -0.2) is 8.42 Å². The number of sulfonamides is 1. The van der Waals surface area contributed by atoms with Gasteiger partial charge in [-0.1, -0.05) is 30.3 Å². The van der Waals surface area contributed by atoms with E-state index in [-0.39, 0.29) is 5.92 Å². The van der Waals surface area contributed by atoms with Crippen molar-refractivity contribution in [1.29, 1.82) is 0 Å². The lowest BCUT2D eigenvalue weighted by Gasteiger charge is -2.30. The van der Waals surface area contributed by atoms with E-state index in [0.717, 1.165) is 24.1 Å².